The van der Waals surface area contributed by atoms with Crippen molar-refractivity contribution in [3.63, 3.8) is 0 Å². The molecule has 0 aliphatic carbocycles. The third-order valence-electron chi connectivity index (χ3n) is 5.94. The van der Waals surface area contributed by atoms with Crippen LogP contribution in [-0.2, 0) is 14.4 Å². The molecule has 0 saturated heterocycles. The molecule has 200 valence electrons. The number of hydrogen-bond donors (Lipinski definition) is 5. The summed E-state index contributed by atoms with van der Waals surface area (Å²) in [6, 6.07) is 12.7. The molecular weight excluding hydrogens is 490 g/mol. The Bertz CT molecular complexity index is 1320. The van der Waals surface area contributed by atoms with Gasteiger partial charge < -0.3 is 30.9 Å². The summed E-state index contributed by atoms with van der Waals surface area (Å²) in [4.78, 5) is 66.4. The molecule has 0 saturated carbocycles. The fraction of sp³-hybridized carbons (Fsp3) is 0.296. The second-order valence-electron chi connectivity index (χ2n) is 8.60. The van der Waals surface area contributed by atoms with E-state index in [-0.39, 0.29) is 24.6 Å². The molecule has 1 atom stereocenters. The van der Waals surface area contributed by atoms with Gasteiger partial charge in [-0.05, 0) is 31.7 Å². The lowest BCUT2D eigenvalue weighted by molar-refractivity contribution is -0.139. The molecule has 1 heterocycles. The molecule has 1 unspecified atom stereocenters. The number of carboxylic acids is 1. The van der Waals surface area contributed by atoms with Crippen LogP contribution in [0.25, 0.3) is 10.9 Å². The van der Waals surface area contributed by atoms with Crippen molar-refractivity contribution in [2.45, 2.75) is 25.8 Å². The fourth-order valence-electron chi connectivity index (χ4n) is 4.02. The number of nitrogens with one attached hydrogen (secondary N) is 4. The van der Waals surface area contributed by atoms with Crippen LogP contribution in [0, 0.1) is 0 Å². The number of fused-ring (bicyclic) bond motifs is 1. The van der Waals surface area contributed by atoms with Crippen molar-refractivity contribution in [2.75, 3.05) is 32.0 Å². The Hall–Kier alpha value is -4.51. The Morgan fingerprint density at radius 2 is 1.74 bits per heavy atom. The van der Waals surface area contributed by atoms with Gasteiger partial charge in [-0.3, -0.25) is 24.0 Å². The zero-order valence-corrected chi connectivity index (χ0v) is 21.2. The van der Waals surface area contributed by atoms with Gasteiger partial charge in [0.25, 0.3) is 17.6 Å². The maximum absolute atomic E-state index is 12.9. The van der Waals surface area contributed by atoms with Gasteiger partial charge in [-0.25, -0.2) is 0 Å². The summed E-state index contributed by atoms with van der Waals surface area (Å²) in [5, 5.41) is 17.3. The molecule has 3 aromatic rings. The zero-order chi connectivity index (χ0) is 27.7. The van der Waals surface area contributed by atoms with Gasteiger partial charge in [0.2, 0.25) is 5.91 Å². The molecule has 3 amide bonds. The molecule has 0 spiro atoms. The van der Waals surface area contributed by atoms with Crippen LogP contribution in [0.4, 0.5) is 5.69 Å². The van der Waals surface area contributed by atoms with Crippen LogP contribution in [0.1, 0.15) is 40.5 Å². The monoisotopic (exact) mass is 521 g/mol. The lowest BCUT2D eigenvalue weighted by atomic mass is 10.1. The number of H-pyrrole nitrogens is 1. The number of nitrogens with zero attached hydrogens (tertiary/aromatic N) is 1. The number of aliphatic carboxylic acids is 1. The van der Waals surface area contributed by atoms with Crippen molar-refractivity contribution < 1.29 is 29.1 Å². The number of aromatic amines is 1. The molecule has 3 rings (SSSR count). The first kappa shape index (κ1) is 28.1. The van der Waals surface area contributed by atoms with E-state index < -0.39 is 36.0 Å². The van der Waals surface area contributed by atoms with E-state index in [1.54, 1.807) is 47.4 Å². The van der Waals surface area contributed by atoms with Crippen LogP contribution in [0.3, 0.4) is 0 Å². The first-order chi connectivity index (χ1) is 18.3. The van der Waals surface area contributed by atoms with Crippen molar-refractivity contribution in [1.29, 1.82) is 0 Å². The van der Waals surface area contributed by atoms with E-state index in [4.69, 9.17) is 5.11 Å². The molecule has 0 fully saturated rings. The molecule has 0 aliphatic rings. The van der Waals surface area contributed by atoms with Crippen molar-refractivity contribution in [3.8, 4) is 0 Å². The number of rotatable bonds is 13. The number of Topliss-reactive ketones (excluding diaryl/α,β-unsaturated/α-hetero) is 1. The summed E-state index contributed by atoms with van der Waals surface area (Å²) in [7, 11) is 1.48. The largest absolute Gasteiger partial charge is 0.481 e. The van der Waals surface area contributed by atoms with Crippen LogP contribution in [0.2, 0.25) is 0 Å². The molecule has 11 nitrogen and oxygen atoms in total. The fourth-order valence-corrected chi connectivity index (χ4v) is 4.02. The van der Waals surface area contributed by atoms with Gasteiger partial charge >= 0.3 is 5.97 Å². The van der Waals surface area contributed by atoms with Crippen molar-refractivity contribution >= 4 is 46.1 Å². The first-order valence-electron chi connectivity index (χ1n) is 12.2. The minimum absolute atomic E-state index is 0.0990. The maximum atomic E-state index is 12.9. The first-order valence-corrected chi connectivity index (χ1v) is 12.2. The van der Waals surface area contributed by atoms with Gasteiger partial charge in [-0.2, -0.15) is 0 Å². The number of amides is 3. The molecule has 38 heavy (non-hydrogen) atoms. The number of anilines is 1. The highest BCUT2D eigenvalue weighted by atomic mass is 16.4. The molecule has 2 aromatic carbocycles. The summed E-state index contributed by atoms with van der Waals surface area (Å²) in [6.07, 6.45) is 1.72. The van der Waals surface area contributed by atoms with E-state index in [9.17, 15) is 24.0 Å². The second kappa shape index (κ2) is 13.2. The van der Waals surface area contributed by atoms with Crippen LogP contribution in [0.15, 0.2) is 54.7 Å². The number of carbonyl (C=O) groups excluding carboxylic acids is 4. The number of ketones is 1. The highest BCUT2D eigenvalue weighted by Gasteiger charge is 2.24. The Morgan fingerprint density at radius 3 is 2.39 bits per heavy atom. The van der Waals surface area contributed by atoms with Gasteiger partial charge in [0.1, 0.15) is 0 Å². The van der Waals surface area contributed by atoms with Crippen molar-refractivity contribution in [2.24, 2.45) is 0 Å². The van der Waals surface area contributed by atoms with Crippen LogP contribution < -0.4 is 16.0 Å². The van der Waals surface area contributed by atoms with E-state index in [0.717, 1.165) is 6.42 Å². The summed E-state index contributed by atoms with van der Waals surface area (Å²) >= 11 is 0. The Labute approximate surface area is 219 Å². The minimum atomic E-state index is -1.13. The smallest absolute Gasteiger partial charge is 0.305 e. The van der Waals surface area contributed by atoms with Gasteiger partial charge in [-0.1, -0.05) is 37.3 Å². The van der Waals surface area contributed by atoms with Crippen LogP contribution in [-0.4, -0.2) is 77.2 Å². The lowest BCUT2D eigenvalue weighted by Gasteiger charge is -2.22. The third-order valence-corrected chi connectivity index (χ3v) is 5.94. The number of para-hydroxylation sites is 1. The Balaban J connectivity index is 1.66. The van der Waals surface area contributed by atoms with E-state index in [1.807, 2.05) is 13.0 Å². The molecule has 11 heteroatoms. The van der Waals surface area contributed by atoms with Crippen molar-refractivity contribution in [1.82, 2.24) is 20.5 Å². The number of benzene rings is 2. The molecule has 0 bridgehead atoms. The SMILES string of the molecule is CCCN(CCNC(=O)C(=O)c1c[nH]c2c(NC(=O)C(CC(=O)O)NC)cccc12)C(=O)c1ccccc1. The normalized spacial score (nSPS) is 11.5. The molecule has 1 aromatic heterocycles. The van der Waals surface area contributed by atoms with Gasteiger partial charge in [0.05, 0.1) is 29.2 Å². The summed E-state index contributed by atoms with van der Waals surface area (Å²) in [6.45, 7) is 2.80. The summed E-state index contributed by atoms with van der Waals surface area (Å²) in [5.41, 5.74) is 1.43. The highest BCUT2D eigenvalue weighted by Crippen LogP contribution is 2.26. The standard InChI is InChI=1S/C27H31N5O6/c1-3-13-32(27(38)17-8-5-4-6-9-17)14-12-29-26(37)24(35)19-16-30-23-18(19)10-7-11-20(23)31-25(36)21(28-2)15-22(33)34/h4-11,16,21,28,30H,3,12-15H2,1-2H3,(H,29,37)(H,31,36)(H,33,34). The second-order valence-corrected chi connectivity index (χ2v) is 8.60. The van der Waals surface area contributed by atoms with Crippen molar-refractivity contribution in [3.05, 3.63) is 65.9 Å². The number of carboxylic acid groups (broad SMARTS) is 1. The van der Waals surface area contributed by atoms with Crippen LogP contribution >= 0.6 is 0 Å². The Kier molecular flexibility index (Phi) is 9.72. The molecule has 0 aliphatic heterocycles. The Morgan fingerprint density at radius 1 is 1.00 bits per heavy atom. The predicted octanol–water partition coefficient (Wildman–Crippen LogP) is 2.02. The molecule has 5 N–H and O–H groups in total. The lowest BCUT2D eigenvalue weighted by Crippen LogP contribution is -2.40. The van der Waals surface area contributed by atoms with E-state index in [1.165, 1.54) is 13.2 Å². The summed E-state index contributed by atoms with van der Waals surface area (Å²) in [5.74, 6) is -3.41. The molecular formula is C27H31N5O6. The highest BCUT2D eigenvalue weighted by molar-refractivity contribution is 6.45. The van der Waals surface area contributed by atoms with E-state index in [2.05, 4.69) is 20.9 Å². The third kappa shape index (κ3) is 6.83. The van der Waals surface area contributed by atoms with Gasteiger partial charge in [-0.15, -0.1) is 0 Å². The number of carbonyl (C=O) groups is 5. The topological polar surface area (TPSA) is 161 Å². The van der Waals surface area contributed by atoms with Gasteiger partial charge in [0.15, 0.2) is 0 Å². The van der Waals surface area contributed by atoms with E-state index in [0.29, 0.717) is 28.7 Å². The average molecular weight is 522 g/mol. The van der Waals surface area contributed by atoms with Gasteiger partial charge in [0, 0.05) is 36.8 Å². The number of likely N-dealkylation sites (N-methyl/N-ethyl adjacent to an activating group) is 1. The maximum Gasteiger partial charge on any atom is 0.305 e. The minimum Gasteiger partial charge on any atom is -0.481 e. The zero-order valence-electron chi connectivity index (χ0n) is 21.2. The summed E-state index contributed by atoms with van der Waals surface area (Å²) < 4.78 is 0. The number of aromatic nitrogens is 1. The number of hydrogen-bond acceptors (Lipinski definition) is 6. The van der Waals surface area contributed by atoms with E-state index >= 15 is 0 Å². The quantitative estimate of drug-likeness (QED) is 0.170. The average Bonchev–Trinajstić information content (AvgIpc) is 3.35. The van der Waals surface area contributed by atoms with Crippen LogP contribution in [0.5, 0.6) is 0 Å². The molecule has 0 radical (unpaired) electrons. The predicted molar refractivity (Wildman–Crippen MR) is 142 cm³/mol.